The normalized spacial score (nSPS) is 12.2. The summed E-state index contributed by atoms with van der Waals surface area (Å²) in [6, 6.07) is 16.8. The molecule has 1 amide bonds. The highest BCUT2D eigenvalue weighted by Crippen LogP contribution is 2.23. The molecule has 2 N–H and O–H groups in total. The van der Waals surface area contributed by atoms with Crippen LogP contribution < -0.4 is 5.32 Å². The van der Waals surface area contributed by atoms with Gasteiger partial charge in [0.15, 0.2) is 11.4 Å². The van der Waals surface area contributed by atoms with Gasteiger partial charge in [-0.2, -0.15) is 0 Å². The van der Waals surface area contributed by atoms with Gasteiger partial charge < -0.3 is 10.3 Å². The molecule has 0 spiro atoms. The highest BCUT2D eigenvalue weighted by atomic mass is 32.2. The number of hydrogen-bond donors (Lipinski definition) is 2. The second-order valence-electron chi connectivity index (χ2n) is 6.67. The first-order valence-corrected chi connectivity index (χ1v) is 10.2. The number of rotatable bonds is 7. The van der Waals surface area contributed by atoms with Crippen molar-refractivity contribution >= 4 is 45.5 Å². The molecule has 146 valence electrons. The minimum Gasteiger partial charge on any atom is -0.345 e. The fraction of sp³-hybridized carbons (Fsp3) is 0.190. The molecule has 0 aliphatic rings. The summed E-state index contributed by atoms with van der Waals surface area (Å²) in [6.45, 7) is 1.48. The Hall–Kier alpha value is -3.26. The third-order valence-corrected chi connectivity index (χ3v) is 5.38. The van der Waals surface area contributed by atoms with Gasteiger partial charge in [0.1, 0.15) is 5.52 Å². The van der Waals surface area contributed by atoms with Gasteiger partial charge in [-0.1, -0.05) is 60.3 Å². The standard InChI is InChI=1S/C21H19N5O2S/c1-13(27)17(11-14-7-3-2-4-8-14)22-18(28)12-29-21-24-20-19(25-26-21)15-9-5-6-10-16(15)23-20/h2-10,17H,11-12H2,1H3,(H,22,28)(H,23,24,26)/t17-/m1/s1. The number of H-pyrrole nitrogens is 1. The lowest BCUT2D eigenvalue weighted by Crippen LogP contribution is -2.42. The van der Waals surface area contributed by atoms with Gasteiger partial charge in [-0.3, -0.25) is 9.59 Å². The van der Waals surface area contributed by atoms with Gasteiger partial charge in [0.2, 0.25) is 11.1 Å². The summed E-state index contributed by atoms with van der Waals surface area (Å²) in [5.41, 5.74) is 3.27. The van der Waals surface area contributed by atoms with Gasteiger partial charge in [0.05, 0.1) is 11.8 Å². The second kappa shape index (κ2) is 8.40. The first kappa shape index (κ1) is 19.1. The van der Waals surface area contributed by atoms with Crippen LogP contribution in [0.3, 0.4) is 0 Å². The van der Waals surface area contributed by atoms with E-state index in [0.29, 0.717) is 22.7 Å². The van der Waals surface area contributed by atoms with Crippen molar-refractivity contribution in [2.75, 3.05) is 5.75 Å². The number of carbonyl (C=O) groups is 2. The number of carbonyl (C=O) groups excluding carboxylic acids is 2. The predicted molar refractivity (Wildman–Crippen MR) is 113 cm³/mol. The predicted octanol–water partition coefficient (Wildman–Crippen LogP) is 2.91. The monoisotopic (exact) mass is 405 g/mol. The summed E-state index contributed by atoms with van der Waals surface area (Å²) >= 11 is 1.19. The van der Waals surface area contributed by atoms with E-state index in [1.165, 1.54) is 18.7 Å². The summed E-state index contributed by atoms with van der Waals surface area (Å²) in [5, 5.41) is 12.5. The lowest BCUT2D eigenvalue weighted by molar-refractivity contribution is -0.125. The number of para-hydroxylation sites is 1. The lowest BCUT2D eigenvalue weighted by atomic mass is 10.0. The summed E-state index contributed by atoms with van der Waals surface area (Å²) in [7, 11) is 0. The molecule has 0 fully saturated rings. The summed E-state index contributed by atoms with van der Waals surface area (Å²) < 4.78 is 0. The molecular formula is C21H19N5O2S. The molecule has 7 nitrogen and oxygen atoms in total. The van der Waals surface area contributed by atoms with Crippen molar-refractivity contribution in [3.05, 3.63) is 60.2 Å². The number of amides is 1. The molecule has 2 aromatic heterocycles. The van der Waals surface area contributed by atoms with Crippen molar-refractivity contribution in [3.8, 4) is 0 Å². The van der Waals surface area contributed by atoms with E-state index in [4.69, 9.17) is 0 Å². The van der Waals surface area contributed by atoms with Crippen molar-refractivity contribution < 1.29 is 9.59 Å². The van der Waals surface area contributed by atoms with Crippen molar-refractivity contribution in [3.63, 3.8) is 0 Å². The van der Waals surface area contributed by atoms with Gasteiger partial charge >= 0.3 is 0 Å². The summed E-state index contributed by atoms with van der Waals surface area (Å²) in [6.07, 6.45) is 0.464. The van der Waals surface area contributed by atoms with Crippen molar-refractivity contribution in [2.45, 2.75) is 24.5 Å². The minimum atomic E-state index is -0.555. The third kappa shape index (κ3) is 4.43. The molecule has 0 aliphatic carbocycles. The first-order chi connectivity index (χ1) is 14.1. The number of ketones is 1. The molecule has 2 heterocycles. The van der Waals surface area contributed by atoms with E-state index in [-0.39, 0.29) is 17.4 Å². The van der Waals surface area contributed by atoms with Crippen LogP contribution in [0.1, 0.15) is 12.5 Å². The van der Waals surface area contributed by atoms with Crippen LogP contribution in [0.2, 0.25) is 0 Å². The third-order valence-electron chi connectivity index (χ3n) is 4.54. The van der Waals surface area contributed by atoms with Gasteiger partial charge in [-0.25, -0.2) is 4.98 Å². The average molecular weight is 405 g/mol. The maximum Gasteiger partial charge on any atom is 0.231 e. The smallest absolute Gasteiger partial charge is 0.231 e. The number of thioether (sulfide) groups is 1. The largest absolute Gasteiger partial charge is 0.345 e. The molecular weight excluding hydrogens is 386 g/mol. The SMILES string of the molecule is CC(=O)[C@@H](Cc1ccccc1)NC(=O)CSc1nnc2c(n1)[nH]c1ccccc12. The van der Waals surface area contributed by atoms with Gasteiger partial charge in [0.25, 0.3) is 0 Å². The molecule has 0 radical (unpaired) electrons. The zero-order valence-electron chi connectivity index (χ0n) is 15.8. The molecule has 4 rings (SSSR count). The molecule has 0 aliphatic heterocycles. The maximum atomic E-state index is 12.4. The Bertz CT molecular complexity index is 1180. The molecule has 0 saturated carbocycles. The average Bonchev–Trinajstić information content (AvgIpc) is 3.10. The van der Waals surface area contributed by atoms with E-state index < -0.39 is 6.04 Å². The number of hydrogen-bond acceptors (Lipinski definition) is 6. The van der Waals surface area contributed by atoms with Crippen molar-refractivity contribution in [1.82, 2.24) is 25.5 Å². The first-order valence-electron chi connectivity index (χ1n) is 9.18. The van der Waals surface area contributed by atoms with Crippen LogP contribution in [0.5, 0.6) is 0 Å². The number of nitrogens with one attached hydrogen (secondary N) is 2. The van der Waals surface area contributed by atoms with Crippen LogP contribution in [0.4, 0.5) is 0 Å². The minimum absolute atomic E-state index is 0.0791. The highest BCUT2D eigenvalue weighted by Gasteiger charge is 2.18. The van der Waals surface area contributed by atoms with Gasteiger partial charge in [-0.05, 0) is 25.0 Å². The highest BCUT2D eigenvalue weighted by molar-refractivity contribution is 7.99. The number of aromatic amines is 1. The summed E-state index contributed by atoms with van der Waals surface area (Å²) in [4.78, 5) is 31.9. The van der Waals surface area contributed by atoms with Crippen molar-refractivity contribution in [1.29, 1.82) is 0 Å². The molecule has 29 heavy (non-hydrogen) atoms. The Balaban J connectivity index is 1.40. The zero-order valence-corrected chi connectivity index (χ0v) is 16.6. The van der Waals surface area contributed by atoms with Crippen molar-refractivity contribution in [2.24, 2.45) is 0 Å². The second-order valence-corrected chi connectivity index (χ2v) is 7.61. The number of nitrogens with zero attached hydrogens (tertiary/aromatic N) is 3. The Morgan fingerprint density at radius 3 is 2.62 bits per heavy atom. The van der Waals surface area contributed by atoms with E-state index in [0.717, 1.165) is 16.5 Å². The number of aromatic nitrogens is 4. The topological polar surface area (TPSA) is 101 Å². The number of fused-ring (bicyclic) bond motifs is 3. The number of Topliss-reactive ketones (excluding diaryl/α,β-unsaturated/α-hetero) is 1. The fourth-order valence-corrected chi connectivity index (χ4v) is 3.68. The quantitative estimate of drug-likeness (QED) is 0.459. The van der Waals surface area contributed by atoms with E-state index >= 15 is 0 Å². The maximum absolute atomic E-state index is 12.4. The molecule has 1 atom stereocenters. The molecule has 0 unspecified atom stereocenters. The van der Waals surface area contributed by atoms with Crippen LogP contribution in [0.15, 0.2) is 59.8 Å². The van der Waals surface area contributed by atoms with E-state index in [1.54, 1.807) is 0 Å². The molecule has 0 bridgehead atoms. The van der Waals surface area contributed by atoms with E-state index in [9.17, 15) is 9.59 Å². The van der Waals surface area contributed by atoms with Gasteiger partial charge in [0, 0.05) is 10.9 Å². The molecule has 8 heteroatoms. The van der Waals surface area contributed by atoms with Crippen LogP contribution in [-0.2, 0) is 16.0 Å². The Labute approximate surface area is 171 Å². The molecule has 4 aromatic rings. The Morgan fingerprint density at radius 2 is 1.83 bits per heavy atom. The van der Waals surface area contributed by atoms with E-state index in [1.807, 2.05) is 54.6 Å². The Morgan fingerprint density at radius 1 is 1.07 bits per heavy atom. The van der Waals surface area contributed by atoms with Crippen LogP contribution >= 0.6 is 11.8 Å². The molecule has 0 saturated heterocycles. The van der Waals surface area contributed by atoms with E-state index in [2.05, 4.69) is 25.5 Å². The Kier molecular flexibility index (Phi) is 5.53. The zero-order chi connectivity index (χ0) is 20.2. The van der Waals surface area contributed by atoms with Crippen LogP contribution in [0, 0.1) is 0 Å². The lowest BCUT2D eigenvalue weighted by Gasteiger charge is -2.15. The summed E-state index contributed by atoms with van der Waals surface area (Å²) in [5.74, 6) is -0.220. The molecule has 2 aromatic carbocycles. The van der Waals surface area contributed by atoms with Crippen LogP contribution in [-0.4, -0.2) is 43.7 Å². The van der Waals surface area contributed by atoms with Gasteiger partial charge in [-0.15, -0.1) is 10.2 Å². The van der Waals surface area contributed by atoms with Crippen LogP contribution in [0.25, 0.3) is 22.1 Å². The number of benzene rings is 2. The fourth-order valence-electron chi connectivity index (χ4n) is 3.08.